The van der Waals surface area contributed by atoms with Crippen LogP contribution in [-0.4, -0.2) is 29.7 Å². The molecule has 3 heterocycles. The molecule has 0 aromatic carbocycles. The van der Waals surface area contributed by atoms with Crippen molar-refractivity contribution < 1.29 is 13.2 Å². The van der Waals surface area contributed by atoms with Crippen LogP contribution in [0, 0.1) is 5.92 Å². The lowest BCUT2D eigenvalue weighted by Crippen LogP contribution is -2.36. The SMILES string of the molecule is O=C(c1cccnc1)C1CC2CCC(C1)S2(=O)=O. The van der Waals surface area contributed by atoms with Crippen molar-refractivity contribution in [1.29, 1.82) is 0 Å². The Morgan fingerprint density at radius 1 is 1.22 bits per heavy atom. The number of hydrogen-bond donors (Lipinski definition) is 0. The van der Waals surface area contributed by atoms with Crippen LogP contribution in [0.5, 0.6) is 0 Å². The summed E-state index contributed by atoms with van der Waals surface area (Å²) < 4.78 is 23.9. The fourth-order valence-corrected chi connectivity index (χ4v) is 5.64. The summed E-state index contributed by atoms with van der Waals surface area (Å²) in [6.07, 6.45) is 5.63. The van der Waals surface area contributed by atoms with Crippen molar-refractivity contribution in [3.63, 3.8) is 0 Å². The van der Waals surface area contributed by atoms with E-state index in [0.29, 0.717) is 18.4 Å². The number of hydrogen-bond acceptors (Lipinski definition) is 4. The van der Waals surface area contributed by atoms with Gasteiger partial charge in [-0.1, -0.05) is 0 Å². The van der Waals surface area contributed by atoms with E-state index in [1.165, 1.54) is 0 Å². The molecule has 2 bridgehead atoms. The van der Waals surface area contributed by atoms with Gasteiger partial charge < -0.3 is 0 Å². The number of carbonyl (C=O) groups is 1. The molecule has 18 heavy (non-hydrogen) atoms. The van der Waals surface area contributed by atoms with Crippen molar-refractivity contribution in [2.24, 2.45) is 5.92 Å². The highest BCUT2D eigenvalue weighted by molar-refractivity contribution is 7.93. The van der Waals surface area contributed by atoms with Gasteiger partial charge in [0, 0.05) is 23.9 Å². The molecule has 2 aliphatic rings. The maximum Gasteiger partial charge on any atom is 0.167 e. The van der Waals surface area contributed by atoms with E-state index in [0.717, 1.165) is 12.8 Å². The maximum atomic E-state index is 12.3. The van der Waals surface area contributed by atoms with Gasteiger partial charge in [0.1, 0.15) is 0 Å². The smallest absolute Gasteiger partial charge is 0.167 e. The second-order valence-corrected chi connectivity index (χ2v) is 7.70. The fourth-order valence-electron chi connectivity index (χ4n) is 3.17. The zero-order valence-corrected chi connectivity index (χ0v) is 10.8. The molecule has 0 spiro atoms. The number of fused-ring (bicyclic) bond motifs is 2. The van der Waals surface area contributed by atoms with E-state index in [2.05, 4.69) is 4.98 Å². The summed E-state index contributed by atoms with van der Waals surface area (Å²) in [5.41, 5.74) is 0.598. The first-order valence-electron chi connectivity index (χ1n) is 6.26. The summed E-state index contributed by atoms with van der Waals surface area (Å²) in [5, 5.41) is -0.580. The van der Waals surface area contributed by atoms with E-state index in [4.69, 9.17) is 0 Å². The maximum absolute atomic E-state index is 12.3. The molecule has 0 radical (unpaired) electrons. The van der Waals surface area contributed by atoms with Gasteiger partial charge in [-0.2, -0.15) is 0 Å². The van der Waals surface area contributed by atoms with E-state index in [1.54, 1.807) is 24.5 Å². The van der Waals surface area contributed by atoms with Gasteiger partial charge in [0.05, 0.1) is 10.5 Å². The molecular formula is C13H15NO3S. The van der Waals surface area contributed by atoms with Gasteiger partial charge in [0.15, 0.2) is 15.6 Å². The van der Waals surface area contributed by atoms with Crippen molar-refractivity contribution in [3.8, 4) is 0 Å². The van der Waals surface area contributed by atoms with Crippen LogP contribution < -0.4 is 0 Å². The first-order chi connectivity index (χ1) is 8.59. The second kappa shape index (κ2) is 4.16. The highest BCUT2D eigenvalue weighted by atomic mass is 32.2. The molecule has 1 aromatic rings. The van der Waals surface area contributed by atoms with Gasteiger partial charge >= 0.3 is 0 Å². The Morgan fingerprint density at radius 2 is 1.89 bits per heavy atom. The lowest BCUT2D eigenvalue weighted by Gasteiger charge is -2.26. The van der Waals surface area contributed by atoms with Crippen molar-refractivity contribution in [2.75, 3.05) is 0 Å². The lowest BCUT2D eigenvalue weighted by molar-refractivity contribution is 0.0905. The Balaban J connectivity index is 1.83. The molecular weight excluding hydrogens is 250 g/mol. The minimum Gasteiger partial charge on any atom is -0.294 e. The van der Waals surface area contributed by atoms with E-state index in [-0.39, 0.29) is 22.2 Å². The summed E-state index contributed by atoms with van der Waals surface area (Å²) >= 11 is 0. The summed E-state index contributed by atoms with van der Waals surface area (Å²) in [7, 11) is -2.95. The summed E-state index contributed by atoms with van der Waals surface area (Å²) in [6, 6.07) is 3.49. The second-order valence-electron chi connectivity index (χ2n) is 5.18. The molecule has 2 unspecified atom stereocenters. The predicted octanol–water partition coefficient (Wildman–Crippen LogP) is 1.62. The Kier molecular flexibility index (Phi) is 2.73. The molecule has 4 nitrogen and oxygen atoms in total. The van der Waals surface area contributed by atoms with E-state index in [9.17, 15) is 13.2 Å². The molecule has 0 N–H and O–H groups in total. The number of ketones is 1. The molecule has 2 saturated heterocycles. The molecule has 3 rings (SSSR count). The third-order valence-electron chi connectivity index (χ3n) is 4.15. The molecule has 1 aromatic heterocycles. The Bertz CT molecular complexity index is 547. The van der Waals surface area contributed by atoms with Crippen molar-refractivity contribution in [2.45, 2.75) is 36.2 Å². The van der Waals surface area contributed by atoms with Gasteiger partial charge in [-0.15, -0.1) is 0 Å². The van der Waals surface area contributed by atoms with Gasteiger partial charge in [-0.05, 0) is 37.8 Å². The van der Waals surface area contributed by atoms with Crippen molar-refractivity contribution in [3.05, 3.63) is 30.1 Å². The number of carbonyl (C=O) groups excluding carboxylic acids is 1. The Morgan fingerprint density at radius 3 is 2.44 bits per heavy atom. The number of Topliss-reactive ketones (excluding diaryl/α,β-unsaturated/α-hetero) is 1. The fraction of sp³-hybridized carbons (Fsp3) is 0.538. The van der Waals surface area contributed by atoms with E-state index < -0.39 is 9.84 Å². The van der Waals surface area contributed by atoms with Crippen LogP contribution in [0.2, 0.25) is 0 Å². The topological polar surface area (TPSA) is 64.1 Å². The summed E-state index contributed by atoms with van der Waals surface area (Å²) in [5.74, 6) is -0.0925. The summed E-state index contributed by atoms with van der Waals surface area (Å²) in [4.78, 5) is 16.2. The van der Waals surface area contributed by atoms with Crippen LogP contribution >= 0.6 is 0 Å². The van der Waals surface area contributed by atoms with Gasteiger partial charge in [0.25, 0.3) is 0 Å². The number of rotatable bonds is 2. The lowest BCUT2D eigenvalue weighted by atomic mass is 9.91. The Labute approximate surface area is 106 Å². The zero-order valence-electron chi connectivity index (χ0n) is 9.95. The van der Waals surface area contributed by atoms with Crippen LogP contribution in [0.25, 0.3) is 0 Å². The molecule has 2 atom stereocenters. The third-order valence-corrected chi connectivity index (χ3v) is 6.87. The third kappa shape index (κ3) is 1.77. The summed E-state index contributed by atoms with van der Waals surface area (Å²) in [6.45, 7) is 0. The zero-order chi connectivity index (χ0) is 12.8. The predicted molar refractivity (Wildman–Crippen MR) is 67.0 cm³/mol. The van der Waals surface area contributed by atoms with Gasteiger partial charge in [-0.25, -0.2) is 8.42 Å². The monoisotopic (exact) mass is 265 g/mol. The first-order valence-corrected chi connectivity index (χ1v) is 7.87. The number of sulfone groups is 1. The number of nitrogens with zero attached hydrogens (tertiary/aromatic N) is 1. The van der Waals surface area contributed by atoms with Crippen LogP contribution in [0.4, 0.5) is 0 Å². The minimum absolute atomic E-state index is 0.0508. The van der Waals surface area contributed by atoms with Crippen LogP contribution in [0.3, 0.4) is 0 Å². The molecule has 0 amide bonds. The molecule has 96 valence electrons. The molecule has 5 heteroatoms. The van der Waals surface area contributed by atoms with Crippen LogP contribution in [0.15, 0.2) is 24.5 Å². The number of pyridine rings is 1. The average Bonchev–Trinajstić information content (AvgIpc) is 2.59. The standard InChI is InChI=1S/C13H15NO3S/c15-13(9-2-1-5-14-8-9)10-6-11-3-4-12(7-10)18(11,16)17/h1-2,5,8,10-12H,3-4,6-7H2. The normalized spacial score (nSPS) is 33.2. The number of aromatic nitrogens is 1. The van der Waals surface area contributed by atoms with E-state index >= 15 is 0 Å². The quantitative estimate of drug-likeness (QED) is 0.762. The highest BCUT2D eigenvalue weighted by Gasteiger charge is 2.48. The van der Waals surface area contributed by atoms with E-state index in [1.807, 2.05) is 0 Å². The highest BCUT2D eigenvalue weighted by Crippen LogP contribution is 2.42. The molecule has 0 saturated carbocycles. The van der Waals surface area contributed by atoms with Gasteiger partial charge in [0.2, 0.25) is 0 Å². The largest absolute Gasteiger partial charge is 0.294 e. The molecule has 2 fully saturated rings. The molecule has 2 aliphatic heterocycles. The molecule has 0 aliphatic carbocycles. The van der Waals surface area contributed by atoms with Crippen molar-refractivity contribution in [1.82, 2.24) is 4.98 Å². The average molecular weight is 265 g/mol. The van der Waals surface area contributed by atoms with Crippen molar-refractivity contribution >= 4 is 15.6 Å². The van der Waals surface area contributed by atoms with Crippen LogP contribution in [-0.2, 0) is 9.84 Å². The first kappa shape index (κ1) is 11.8. The Hall–Kier alpha value is -1.23. The minimum atomic E-state index is -2.95. The van der Waals surface area contributed by atoms with Gasteiger partial charge in [-0.3, -0.25) is 9.78 Å². The van der Waals surface area contributed by atoms with Crippen LogP contribution in [0.1, 0.15) is 36.0 Å².